The van der Waals surface area contributed by atoms with Crippen LogP contribution in [0.3, 0.4) is 0 Å². The molecule has 0 amide bonds. The van der Waals surface area contributed by atoms with Gasteiger partial charge in [0.1, 0.15) is 0 Å². The first-order chi connectivity index (χ1) is 4.86. The molecular formula is C7H4HgNS. The number of para-hydroxylation sites is 1. The van der Waals surface area contributed by atoms with E-state index in [0.29, 0.717) is 26.1 Å². The molecular weight excluding hydrogens is 331 g/mol. The van der Waals surface area contributed by atoms with Crippen LogP contribution in [0, 0.1) is 0 Å². The third kappa shape index (κ3) is 1.10. The summed E-state index contributed by atoms with van der Waals surface area (Å²) in [5, 5.41) is 0. The van der Waals surface area contributed by atoms with Crippen LogP contribution in [0.15, 0.2) is 24.3 Å². The normalized spacial score (nSPS) is 10.6. The molecule has 0 aliphatic heterocycles. The zero-order chi connectivity index (χ0) is 6.97. The van der Waals surface area contributed by atoms with Gasteiger partial charge in [0.2, 0.25) is 0 Å². The number of hydrogen-bond donors (Lipinski definition) is 0. The van der Waals surface area contributed by atoms with Crippen molar-refractivity contribution in [2.45, 2.75) is 0 Å². The molecule has 0 radical (unpaired) electrons. The summed E-state index contributed by atoms with van der Waals surface area (Å²) in [5.74, 6) is 0. The molecule has 0 saturated carbocycles. The Bertz CT molecular complexity index is 322. The summed E-state index contributed by atoms with van der Waals surface area (Å²) in [6.07, 6.45) is 0. The van der Waals surface area contributed by atoms with Gasteiger partial charge in [-0.25, -0.2) is 0 Å². The zero-order valence-corrected chi connectivity index (χ0v) is 11.7. The Morgan fingerprint density at radius 2 is 2.10 bits per heavy atom. The summed E-state index contributed by atoms with van der Waals surface area (Å²) in [6, 6.07) is 8.30. The minimum absolute atomic E-state index is 0.685. The van der Waals surface area contributed by atoms with Crippen molar-refractivity contribution in [3.8, 4) is 0 Å². The Balaban J connectivity index is 2.88. The first kappa shape index (κ1) is 6.74. The van der Waals surface area contributed by atoms with E-state index >= 15 is 0 Å². The van der Waals surface area contributed by atoms with E-state index in [1.54, 1.807) is 0 Å². The molecule has 3 heteroatoms. The number of hydrogen-bond acceptors (Lipinski definition) is 2. The molecule has 0 unspecified atom stereocenters. The Kier molecular flexibility index (Phi) is 1.74. The van der Waals surface area contributed by atoms with Gasteiger partial charge in [-0.15, -0.1) is 0 Å². The Morgan fingerprint density at radius 1 is 1.30 bits per heavy atom. The number of aromatic nitrogens is 1. The van der Waals surface area contributed by atoms with Crippen LogP contribution in [0.4, 0.5) is 0 Å². The summed E-state index contributed by atoms with van der Waals surface area (Å²) < 4.78 is 2.66. The molecule has 0 saturated heterocycles. The van der Waals surface area contributed by atoms with Gasteiger partial charge in [0.25, 0.3) is 0 Å². The maximum absolute atomic E-state index is 4.42. The van der Waals surface area contributed by atoms with E-state index in [9.17, 15) is 0 Å². The van der Waals surface area contributed by atoms with Crippen molar-refractivity contribution in [3.63, 3.8) is 0 Å². The third-order valence-electron chi connectivity index (χ3n) is 1.34. The molecule has 1 heterocycles. The van der Waals surface area contributed by atoms with Crippen molar-refractivity contribution >= 4 is 24.1 Å². The number of rotatable bonds is 0. The second kappa shape index (κ2) is 2.59. The Labute approximate surface area is 79.1 Å². The fourth-order valence-electron chi connectivity index (χ4n) is 0.920. The number of fused-ring (bicyclic) bond motifs is 1. The number of nitrogens with zero attached hydrogens (tertiary/aromatic N) is 1. The molecule has 1 aromatic carbocycles. The van der Waals surface area contributed by atoms with Gasteiger partial charge in [-0.2, -0.15) is 0 Å². The predicted molar refractivity (Wildman–Crippen MR) is 39.3 cm³/mol. The van der Waals surface area contributed by atoms with Crippen molar-refractivity contribution in [2.75, 3.05) is 0 Å². The first-order valence-corrected chi connectivity index (χ1v) is 6.60. The fourth-order valence-corrected chi connectivity index (χ4v) is 4.16. The SMILES string of the molecule is [Hg][c]1nc2ccccc2s1. The van der Waals surface area contributed by atoms with Gasteiger partial charge in [-0.3, -0.25) is 0 Å². The summed E-state index contributed by atoms with van der Waals surface area (Å²) in [5.41, 5.74) is 1.16. The fraction of sp³-hybridized carbons (Fsp3) is 0. The van der Waals surface area contributed by atoms with Gasteiger partial charge in [-0.05, 0) is 0 Å². The predicted octanol–water partition coefficient (Wildman–Crippen LogP) is 1.47. The van der Waals surface area contributed by atoms with Gasteiger partial charge in [0, 0.05) is 0 Å². The summed E-state index contributed by atoms with van der Waals surface area (Å²) >= 11 is 2.51. The molecule has 2 rings (SSSR count). The molecule has 0 aliphatic rings. The van der Waals surface area contributed by atoms with Crippen molar-refractivity contribution in [1.29, 1.82) is 0 Å². The molecule has 0 spiro atoms. The number of thiazole rings is 1. The molecule has 2 aromatic rings. The molecule has 10 heavy (non-hydrogen) atoms. The van der Waals surface area contributed by atoms with Gasteiger partial charge >= 0.3 is 79.4 Å². The quantitative estimate of drug-likeness (QED) is 0.665. The van der Waals surface area contributed by atoms with Crippen LogP contribution in [0.1, 0.15) is 0 Å². The number of benzene rings is 1. The molecule has 0 N–H and O–H groups in total. The summed E-state index contributed by atoms with van der Waals surface area (Å²) in [4.78, 5) is 4.42. The van der Waals surface area contributed by atoms with Crippen molar-refractivity contribution in [2.24, 2.45) is 0 Å². The molecule has 0 atom stereocenters. The van der Waals surface area contributed by atoms with Gasteiger partial charge < -0.3 is 0 Å². The van der Waals surface area contributed by atoms with Crippen molar-refractivity contribution < 1.29 is 26.1 Å². The zero-order valence-electron chi connectivity index (χ0n) is 5.37. The van der Waals surface area contributed by atoms with Crippen LogP contribution in [-0.4, -0.2) is 4.98 Å². The molecule has 0 fully saturated rings. The van der Waals surface area contributed by atoms with Crippen LogP contribution in [-0.2, 0) is 26.1 Å². The van der Waals surface area contributed by atoms with E-state index in [-0.39, 0.29) is 0 Å². The second-order valence-electron chi connectivity index (χ2n) is 2.08. The van der Waals surface area contributed by atoms with Crippen LogP contribution in [0.25, 0.3) is 10.2 Å². The van der Waals surface area contributed by atoms with E-state index in [0.717, 1.165) is 5.52 Å². The van der Waals surface area contributed by atoms with Gasteiger partial charge in [-0.1, -0.05) is 0 Å². The van der Waals surface area contributed by atoms with Gasteiger partial charge in [0.15, 0.2) is 0 Å². The van der Waals surface area contributed by atoms with Crippen LogP contribution in [0.2, 0.25) is 0 Å². The molecule has 0 aliphatic carbocycles. The monoisotopic (exact) mass is 336 g/mol. The third-order valence-corrected chi connectivity index (χ3v) is 4.53. The van der Waals surface area contributed by atoms with E-state index < -0.39 is 0 Å². The molecule has 1 nitrogen and oxygen atoms in total. The van der Waals surface area contributed by atoms with E-state index in [1.807, 2.05) is 17.4 Å². The molecule has 1 aromatic heterocycles. The van der Waals surface area contributed by atoms with E-state index in [1.165, 1.54) is 7.22 Å². The van der Waals surface area contributed by atoms with Crippen molar-refractivity contribution in [1.82, 2.24) is 4.98 Å². The van der Waals surface area contributed by atoms with Gasteiger partial charge in [0.05, 0.1) is 0 Å². The Hall–Kier alpha value is 0.0451. The van der Waals surface area contributed by atoms with E-state index in [2.05, 4.69) is 23.2 Å². The standard InChI is InChI=1S/C7H4NS.Hg/c1-2-4-7-6(3-1)8-5-9-7;/h1-4H;. The first-order valence-electron chi connectivity index (χ1n) is 3.04. The topological polar surface area (TPSA) is 12.9 Å². The minimum atomic E-state index is 0.685. The molecule has 0 bridgehead atoms. The maximum atomic E-state index is 4.42. The average Bonchev–Trinajstić information content (AvgIpc) is 2.27. The van der Waals surface area contributed by atoms with Crippen LogP contribution < -0.4 is 2.52 Å². The van der Waals surface area contributed by atoms with Crippen molar-refractivity contribution in [3.05, 3.63) is 24.3 Å². The van der Waals surface area contributed by atoms with E-state index in [4.69, 9.17) is 0 Å². The summed E-state index contributed by atoms with van der Waals surface area (Å²) in [7, 11) is 0. The summed E-state index contributed by atoms with van der Waals surface area (Å²) in [6.45, 7) is 0. The average molecular weight is 335 g/mol. The van der Waals surface area contributed by atoms with Crippen LogP contribution >= 0.6 is 11.3 Å². The molecule has 45 valence electrons. The second-order valence-corrected chi connectivity index (χ2v) is 7.79. The Morgan fingerprint density at radius 3 is 2.90 bits per heavy atom. The van der Waals surface area contributed by atoms with Crippen LogP contribution in [0.5, 0.6) is 0 Å².